The quantitative estimate of drug-likeness (QED) is 0.0164. The smallest absolute Gasteiger partial charge is 0.246 e. The van der Waals surface area contributed by atoms with Gasteiger partial charge in [0.2, 0.25) is 29.9 Å². The maximum absolute atomic E-state index is 15.0. The standard InChI is InChI=1S/C67H89N11O24/c1-31(33-11-5-2-6-12-33)45(68)60(94)74-39(59(93)76-46(48(83)40-24-71-66(69)75-40)62(96)77-47(61(95)73-36(26-79)27-80)49(84)41-25-72-67(70)78(41)63-55(90)52(87)50(85)42(28-81)99-63)23-32-17-19-37(20-18-32)98-64-57(92)54(89)58(43(29-82)100-64)102-65-56(91)53(88)51(86)44(101-65)30-97-22-21-38(34-13-7-3-8-14-34)35-15-9-4-10-16-35/h2-21,26,31,36,39-58,63-65,80-92H,22-25,27-30,68H2,1H3,(H2,70,72)(H,73,95)(H,74,94)(H,76,93)(H,77,96)(H3,69,71,75). The Morgan fingerprint density at radius 1 is 0.637 bits per heavy atom. The summed E-state index contributed by atoms with van der Waals surface area (Å²) in [6, 6.07) is 21.3. The number of nitrogens with two attached hydrogens (primary N) is 3. The zero-order valence-corrected chi connectivity index (χ0v) is 55.1. The van der Waals surface area contributed by atoms with Gasteiger partial charge < -0.3 is 148 Å². The second-order valence-electron chi connectivity index (χ2n) is 25.2. The van der Waals surface area contributed by atoms with Crippen LogP contribution in [0.15, 0.2) is 131 Å². The third kappa shape index (κ3) is 18.4. The van der Waals surface area contributed by atoms with Crippen LogP contribution in [0.3, 0.4) is 0 Å². The van der Waals surface area contributed by atoms with E-state index in [0.29, 0.717) is 5.56 Å². The molecule has 0 aromatic heterocycles. The van der Waals surface area contributed by atoms with Crippen molar-refractivity contribution in [3.8, 4) is 5.75 Å². The van der Waals surface area contributed by atoms with Gasteiger partial charge in [-0.2, -0.15) is 0 Å². The van der Waals surface area contributed by atoms with Crippen molar-refractivity contribution >= 4 is 47.4 Å². The van der Waals surface area contributed by atoms with Crippen LogP contribution in [-0.4, -0.2) is 306 Å². The molecule has 35 heteroatoms. The summed E-state index contributed by atoms with van der Waals surface area (Å²) < 4.78 is 35.2. The summed E-state index contributed by atoms with van der Waals surface area (Å²) in [7, 11) is 0. The van der Waals surface area contributed by atoms with Gasteiger partial charge in [0.25, 0.3) is 0 Å². The number of amides is 4. The van der Waals surface area contributed by atoms with Gasteiger partial charge >= 0.3 is 0 Å². The van der Waals surface area contributed by atoms with Gasteiger partial charge in [-0.05, 0) is 40.0 Å². The average molecular weight is 1430 g/mol. The molecule has 5 heterocycles. The third-order valence-corrected chi connectivity index (χ3v) is 18.4. The molecule has 0 aliphatic carbocycles. The zero-order valence-electron chi connectivity index (χ0n) is 55.1. The highest BCUT2D eigenvalue weighted by atomic mass is 16.7. The van der Waals surface area contributed by atoms with Crippen molar-refractivity contribution in [2.24, 2.45) is 27.2 Å². The summed E-state index contributed by atoms with van der Waals surface area (Å²) in [5.74, 6) is -6.17. The highest BCUT2D eigenvalue weighted by Crippen LogP contribution is 2.33. The van der Waals surface area contributed by atoms with E-state index >= 15 is 4.79 Å². The number of aliphatic imine (C=N–C) groups is 2. The van der Waals surface area contributed by atoms with Crippen LogP contribution in [-0.2, 0) is 54.1 Å². The number of hydrogen-bond acceptors (Lipinski definition) is 31. The maximum atomic E-state index is 15.0. The summed E-state index contributed by atoms with van der Waals surface area (Å²) in [4.78, 5) is 79.4. The summed E-state index contributed by atoms with van der Waals surface area (Å²) >= 11 is 0. The van der Waals surface area contributed by atoms with Crippen LogP contribution in [0, 0.1) is 0 Å². The van der Waals surface area contributed by atoms with Crippen LogP contribution < -0.4 is 48.5 Å². The molecule has 3 fully saturated rings. The lowest BCUT2D eigenvalue weighted by Crippen LogP contribution is -2.70. The Balaban J connectivity index is 0.914. The lowest BCUT2D eigenvalue weighted by atomic mass is 9.93. The Labute approximate surface area is 584 Å². The number of nitrogens with zero attached hydrogens (tertiary/aromatic N) is 3. The Morgan fingerprint density at radius 2 is 1.21 bits per heavy atom. The minimum absolute atomic E-state index is 0.0232. The molecule has 556 valence electrons. The van der Waals surface area contributed by atoms with Gasteiger partial charge in [0, 0.05) is 12.3 Å². The number of rotatable bonds is 31. The van der Waals surface area contributed by atoms with E-state index in [1.807, 2.05) is 66.7 Å². The monoisotopic (exact) mass is 1430 g/mol. The largest absolute Gasteiger partial charge is 0.462 e. The van der Waals surface area contributed by atoms with Gasteiger partial charge in [-0.3, -0.25) is 29.2 Å². The SMILES string of the molecule is CC(c1ccccc1)C(N)C(=O)NC(Cc1ccc(OC2OC(CO)C(OC3OC(COCC=C(c4ccccc4)c4ccccc4)C(O)C(O)C3O)C(O)C2O)cc1)C(=O)NC(C(=O)NC(C(=O)NC(C=O)CO)C(O)C1CN=C(N)N1C1OC(CO)C(O)C(O)C1O)C(O)C1CN=C(N)N1. The third-order valence-electron chi connectivity index (χ3n) is 18.4. The zero-order chi connectivity index (χ0) is 73.6. The Kier molecular flexibility index (Phi) is 27.3. The van der Waals surface area contributed by atoms with Crippen molar-refractivity contribution in [3.05, 3.63) is 144 Å². The predicted octanol–water partition coefficient (Wildman–Crippen LogP) is -8.54. The molecule has 5 aliphatic rings. The van der Waals surface area contributed by atoms with E-state index in [2.05, 4.69) is 36.6 Å². The van der Waals surface area contributed by atoms with Crippen LogP contribution in [0.1, 0.15) is 35.1 Å². The molecular weight excluding hydrogens is 1340 g/mol. The van der Waals surface area contributed by atoms with Gasteiger partial charge in [-0.25, -0.2) is 0 Å². The number of guanidine groups is 2. The first kappa shape index (κ1) is 77.9. The molecule has 0 radical (unpaired) electrons. The molecular formula is C67H89N11O24. The number of aliphatic hydroxyl groups is 13. The number of hydrogen-bond donors (Lipinski definition) is 21. The van der Waals surface area contributed by atoms with Gasteiger partial charge in [0.15, 0.2) is 24.4 Å². The number of nitrogens with one attached hydrogen (secondary N) is 5. The van der Waals surface area contributed by atoms with Crippen molar-refractivity contribution in [2.45, 2.75) is 166 Å². The van der Waals surface area contributed by atoms with Crippen molar-refractivity contribution < 1.29 is 119 Å². The number of aldehydes is 1. The predicted molar refractivity (Wildman–Crippen MR) is 356 cm³/mol. The van der Waals surface area contributed by atoms with E-state index in [9.17, 15) is 85.6 Å². The second-order valence-corrected chi connectivity index (χ2v) is 25.2. The lowest BCUT2D eigenvalue weighted by Gasteiger charge is -2.46. The first-order valence-electron chi connectivity index (χ1n) is 32.9. The minimum Gasteiger partial charge on any atom is -0.462 e. The van der Waals surface area contributed by atoms with E-state index in [-0.39, 0.29) is 43.3 Å². The number of aliphatic hydroxyl groups excluding tert-OH is 13. The van der Waals surface area contributed by atoms with Crippen molar-refractivity contribution in [1.29, 1.82) is 0 Å². The number of carbonyl (C=O) groups is 5. The molecule has 3 saturated heterocycles. The fourth-order valence-electron chi connectivity index (χ4n) is 12.4. The molecule has 4 amide bonds. The molecule has 9 rings (SSSR count). The first-order chi connectivity index (χ1) is 48.9. The second kappa shape index (κ2) is 35.8. The molecule has 24 N–H and O–H groups in total. The van der Waals surface area contributed by atoms with Crippen LogP contribution in [0.25, 0.3) is 5.57 Å². The van der Waals surface area contributed by atoms with E-state index < -0.39 is 215 Å². The molecule has 0 saturated carbocycles. The first-order valence-corrected chi connectivity index (χ1v) is 32.9. The molecule has 5 aliphatic heterocycles. The Morgan fingerprint density at radius 3 is 1.80 bits per heavy atom. The van der Waals surface area contributed by atoms with Crippen LogP contribution in [0.5, 0.6) is 5.75 Å². The molecule has 25 unspecified atom stereocenters. The average Bonchev–Trinajstić information content (AvgIpc) is 1.45. The number of benzene rings is 4. The number of ether oxygens (including phenoxy) is 6. The summed E-state index contributed by atoms with van der Waals surface area (Å²) in [5, 5.41) is 155. The van der Waals surface area contributed by atoms with Gasteiger partial charge in [-0.15, -0.1) is 0 Å². The van der Waals surface area contributed by atoms with Gasteiger partial charge in [0.05, 0.1) is 64.2 Å². The topological polar surface area (TPSA) is 570 Å². The Hall–Kier alpha value is -8.25. The Bertz CT molecular complexity index is 3460. The van der Waals surface area contributed by atoms with Crippen LogP contribution in [0.4, 0.5) is 0 Å². The highest BCUT2D eigenvalue weighted by molar-refractivity contribution is 5.96. The molecule has 0 spiro atoms. The van der Waals surface area contributed by atoms with E-state index in [0.717, 1.165) is 21.6 Å². The molecule has 4 aromatic carbocycles. The molecule has 102 heavy (non-hydrogen) atoms. The van der Waals surface area contributed by atoms with Crippen LogP contribution >= 0.6 is 0 Å². The van der Waals surface area contributed by atoms with Crippen molar-refractivity contribution in [3.63, 3.8) is 0 Å². The van der Waals surface area contributed by atoms with E-state index in [4.69, 9.17) is 45.6 Å². The van der Waals surface area contributed by atoms with E-state index in [1.165, 1.54) is 24.3 Å². The van der Waals surface area contributed by atoms with Crippen molar-refractivity contribution in [2.75, 3.05) is 46.1 Å². The fourth-order valence-corrected chi connectivity index (χ4v) is 12.4. The molecule has 4 aromatic rings. The lowest BCUT2D eigenvalue weighted by molar-refractivity contribution is -0.353. The van der Waals surface area contributed by atoms with Gasteiger partial charge in [-0.1, -0.05) is 116 Å². The van der Waals surface area contributed by atoms with Crippen molar-refractivity contribution in [1.82, 2.24) is 31.5 Å². The van der Waals surface area contributed by atoms with Gasteiger partial charge in [0.1, 0.15) is 122 Å². The fraction of sp³-hybridized carbons (Fsp3) is 0.507. The minimum atomic E-state index is -2.26. The maximum Gasteiger partial charge on any atom is 0.246 e. The van der Waals surface area contributed by atoms with Crippen LogP contribution in [0.2, 0.25) is 0 Å². The van der Waals surface area contributed by atoms with E-state index in [1.54, 1.807) is 37.3 Å². The molecule has 35 nitrogen and oxygen atoms in total. The molecule has 25 atom stereocenters. The normalized spacial score (nSPS) is 30.3. The molecule has 0 bridgehead atoms. The summed E-state index contributed by atoms with van der Waals surface area (Å²) in [5.41, 5.74) is 22.2. The highest BCUT2D eigenvalue weighted by Gasteiger charge is 2.54. The summed E-state index contributed by atoms with van der Waals surface area (Å²) in [6.07, 6.45) is -29.1. The summed E-state index contributed by atoms with van der Waals surface area (Å²) in [6.45, 7) is -2.16. The number of carbonyl (C=O) groups excluding carboxylic acids is 5.